The van der Waals surface area contributed by atoms with E-state index in [0.29, 0.717) is 18.0 Å². The van der Waals surface area contributed by atoms with E-state index in [-0.39, 0.29) is 0 Å². The third-order valence-corrected chi connectivity index (χ3v) is 3.41. The first-order chi connectivity index (χ1) is 8.54. The zero-order valence-electron chi connectivity index (χ0n) is 12.6. The molecule has 0 saturated carbocycles. The molecule has 18 heavy (non-hydrogen) atoms. The summed E-state index contributed by atoms with van der Waals surface area (Å²) >= 11 is 0. The molecule has 0 aliphatic carbocycles. The van der Waals surface area contributed by atoms with Crippen LogP contribution < -0.4 is 5.32 Å². The highest BCUT2D eigenvalue weighted by atomic mass is 15.3. The van der Waals surface area contributed by atoms with E-state index >= 15 is 0 Å². The summed E-state index contributed by atoms with van der Waals surface area (Å²) < 4.78 is 2.04. The van der Waals surface area contributed by atoms with E-state index in [1.54, 1.807) is 0 Å². The lowest BCUT2D eigenvalue weighted by molar-refractivity contribution is 0.376. The number of rotatable bonds is 8. The third-order valence-electron chi connectivity index (χ3n) is 3.41. The Bertz CT molecular complexity index is 328. The summed E-state index contributed by atoms with van der Waals surface area (Å²) in [5, 5.41) is 8.16. The van der Waals surface area contributed by atoms with Crippen LogP contribution in [0.3, 0.4) is 0 Å². The van der Waals surface area contributed by atoms with Gasteiger partial charge in [0, 0.05) is 18.3 Å². The smallest absolute Gasteiger partial charge is 0.0624 e. The van der Waals surface area contributed by atoms with Gasteiger partial charge in [0.05, 0.1) is 5.69 Å². The Hall–Kier alpha value is -0.830. The van der Waals surface area contributed by atoms with E-state index < -0.39 is 0 Å². The topological polar surface area (TPSA) is 29.9 Å². The Morgan fingerprint density at radius 1 is 1.28 bits per heavy atom. The molecule has 1 rings (SSSR count). The first-order valence-electron chi connectivity index (χ1n) is 7.32. The van der Waals surface area contributed by atoms with Gasteiger partial charge in [0.2, 0.25) is 0 Å². The minimum Gasteiger partial charge on any atom is -0.314 e. The Morgan fingerprint density at radius 3 is 2.50 bits per heavy atom. The SMILES string of the molecule is CCNC(CCCc1ccn(C(C)C)n1)C(C)C. The molecule has 1 unspecified atom stereocenters. The lowest BCUT2D eigenvalue weighted by Gasteiger charge is -2.21. The largest absolute Gasteiger partial charge is 0.314 e. The van der Waals surface area contributed by atoms with E-state index in [4.69, 9.17) is 0 Å². The van der Waals surface area contributed by atoms with Gasteiger partial charge in [-0.3, -0.25) is 4.68 Å². The van der Waals surface area contributed by atoms with Gasteiger partial charge in [-0.2, -0.15) is 5.10 Å². The lowest BCUT2D eigenvalue weighted by Crippen LogP contribution is -2.33. The molecule has 0 aromatic carbocycles. The molecule has 1 aromatic rings. The summed E-state index contributed by atoms with van der Waals surface area (Å²) in [6.07, 6.45) is 5.63. The number of aryl methyl sites for hydroxylation is 1. The zero-order chi connectivity index (χ0) is 13.5. The molecular formula is C15H29N3. The molecule has 1 N–H and O–H groups in total. The van der Waals surface area contributed by atoms with Crippen LogP contribution >= 0.6 is 0 Å². The molecule has 3 nitrogen and oxygen atoms in total. The molecule has 0 bridgehead atoms. The maximum atomic E-state index is 4.59. The molecule has 3 heteroatoms. The predicted molar refractivity (Wildman–Crippen MR) is 77.9 cm³/mol. The van der Waals surface area contributed by atoms with Crippen LogP contribution in [0.2, 0.25) is 0 Å². The van der Waals surface area contributed by atoms with Crippen LogP contribution in [0.25, 0.3) is 0 Å². The van der Waals surface area contributed by atoms with Crippen molar-refractivity contribution in [3.63, 3.8) is 0 Å². The number of nitrogens with one attached hydrogen (secondary N) is 1. The Morgan fingerprint density at radius 2 is 2.00 bits per heavy atom. The molecule has 104 valence electrons. The van der Waals surface area contributed by atoms with Crippen LogP contribution in [-0.4, -0.2) is 22.4 Å². The molecule has 0 radical (unpaired) electrons. The van der Waals surface area contributed by atoms with Crippen molar-refractivity contribution in [2.24, 2.45) is 5.92 Å². The van der Waals surface area contributed by atoms with Crippen molar-refractivity contribution in [2.75, 3.05) is 6.54 Å². The van der Waals surface area contributed by atoms with Crippen molar-refractivity contribution >= 4 is 0 Å². The van der Waals surface area contributed by atoms with Crippen molar-refractivity contribution in [1.29, 1.82) is 0 Å². The van der Waals surface area contributed by atoms with Gasteiger partial charge in [0.1, 0.15) is 0 Å². The second-order valence-corrected chi connectivity index (χ2v) is 5.68. The second-order valence-electron chi connectivity index (χ2n) is 5.68. The quantitative estimate of drug-likeness (QED) is 0.767. The van der Waals surface area contributed by atoms with Crippen LogP contribution in [0.5, 0.6) is 0 Å². The Kier molecular flexibility index (Phi) is 6.41. The van der Waals surface area contributed by atoms with Gasteiger partial charge in [-0.25, -0.2) is 0 Å². The van der Waals surface area contributed by atoms with Crippen LogP contribution in [0.4, 0.5) is 0 Å². The summed E-state index contributed by atoms with van der Waals surface area (Å²) in [4.78, 5) is 0. The van der Waals surface area contributed by atoms with Gasteiger partial charge in [-0.15, -0.1) is 0 Å². The van der Waals surface area contributed by atoms with Gasteiger partial charge in [0.25, 0.3) is 0 Å². The maximum absolute atomic E-state index is 4.59. The van der Waals surface area contributed by atoms with Gasteiger partial charge in [-0.1, -0.05) is 20.8 Å². The van der Waals surface area contributed by atoms with Gasteiger partial charge in [0.15, 0.2) is 0 Å². The van der Waals surface area contributed by atoms with E-state index in [0.717, 1.165) is 13.0 Å². The second kappa shape index (κ2) is 7.57. The summed E-state index contributed by atoms with van der Waals surface area (Å²) in [5.41, 5.74) is 1.22. The lowest BCUT2D eigenvalue weighted by atomic mass is 9.98. The molecule has 0 amide bonds. The fraction of sp³-hybridized carbons (Fsp3) is 0.800. The molecular weight excluding hydrogens is 222 g/mol. The van der Waals surface area contributed by atoms with E-state index in [2.05, 4.69) is 57.3 Å². The highest BCUT2D eigenvalue weighted by Crippen LogP contribution is 2.12. The minimum atomic E-state index is 0.462. The third kappa shape index (κ3) is 4.81. The normalized spacial score (nSPS) is 13.5. The van der Waals surface area contributed by atoms with Crippen LogP contribution in [-0.2, 0) is 6.42 Å². The van der Waals surface area contributed by atoms with Gasteiger partial charge in [-0.05, 0) is 51.6 Å². The number of hydrogen-bond acceptors (Lipinski definition) is 2. The number of aromatic nitrogens is 2. The van der Waals surface area contributed by atoms with E-state index in [9.17, 15) is 0 Å². The average Bonchev–Trinajstić information content (AvgIpc) is 2.76. The Balaban J connectivity index is 2.35. The van der Waals surface area contributed by atoms with Crippen molar-refractivity contribution in [3.05, 3.63) is 18.0 Å². The predicted octanol–water partition coefficient (Wildman–Crippen LogP) is 3.42. The minimum absolute atomic E-state index is 0.462. The number of nitrogens with zero attached hydrogens (tertiary/aromatic N) is 2. The monoisotopic (exact) mass is 251 g/mol. The molecule has 0 aliphatic rings. The van der Waals surface area contributed by atoms with E-state index in [1.165, 1.54) is 18.5 Å². The van der Waals surface area contributed by atoms with Crippen molar-refractivity contribution in [2.45, 2.75) is 66.0 Å². The van der Waals surface area contributed by atoms with Crippen molar-refractivity contribution in [1.82, 2.24) is 15.1 Å². The van der Waals surface area contributed by atoms with E-state index in [1.807, 2.05) is 4.68 Å². The van der Waals surface area contributed by atoms with Crippen LogP contribution in [0.1, 0.15) is 59.2 Å². The Labute approximate surface area is 112 Å². The van der Waals surface area contributed by atoms with Crippen LogP contribution in [0.15, 0.2) is 12.3 Å². The standard InChI is InChI=1S/C15H29N3/c1-6-16-15(12(2)3)9-7-8-14-10-11-18(17-14)13(4)5/h10-13,15-16H,6-9H2,1-5H3. The molecule has 0 aliphatic heterocycles. The zero-order valence-corrected chi connectivity index (χ0v) is 12.6. The highest BCUT2D eigenvalue weighted by molar-refractivity contribution is 4.99. The maximum Gasteiger partial charge on any atom is 0.0624 e. The fourth-order valence-corrected chi connectivity index (χ4v) is 2.23. The summed E-state index contributed by atoms with van der Waals surface area (Å²) in [7, 11) is 0. The summed E-state index contributed by atoms with van der Waals surface area (Å²) in [5.74, 6) is 0.707. The molecule has 1 aromatic heterocycles. The molecule has 1 atom stereocenters. The average molecular weight is 251 g/mol. The molecule has 0 fully saturated rings. The van der Waals surface area contributed by atoms with Crippen molar-refractivity contribution in [3.8, 4) is 0 Å². The fourth-order valence-electron chi connectivity index (χ4n) is 2.23. The summed E-state index contributed by atoms with van der Waals surface area (Å²) in [6, 6.07) is 3.25. The number of hydrogen-bond donors (Lipinski definition) is 1. The first kappa shape index (κ1) is 15.2. The summed E-state index contributed by atoms with van der Waals surface area (Å²) in [6.45, 7) is 12.2. The highest BCUT2D eigenvalue weighted by Gasteiger charge is 2.11. The van der Waals surface area contributed by atoms with Crippen molar-refractivity contribution < 1.29 is 0 Å². The molecule has 1 heterocycles. The van der Waals surface area contributed by atoms with Gasteiger partial charge < -0.3 is 5.32 Å². The molecule has 0 spiro atoms. The first-order valence-corrected chi connectivity index (χ1v) is 7.32. The van der Waals surface area contributed by atoms with Crippen LogP contribution in [0, 0.1) is 5.92 Å². The molecule has 0 saturated heterocycles. The van der Waals surface area contributed by atoms with Gasteiger partial charge >= 0.3 is 0 Å².